The van der Waals surface area contributed by atoms with Gasteiger partial charge in [-0.2, -0.15) is 0 Å². The van der Waals surface area contributed by atoms with Gasteiger partial charge in [0.15, 0.2) is 0 Å². The van der Waals surface area contributed by atoms with Crippen LogP contribution in [0.15, 0.2) is 12.2 Å². The number of hydrogen-bond donors (Lipinski definition) is 2. The summed E-state index contributed by atoms with van der Waals surface area (Å²) >= 11 is 0. The number of aliphatic hydroxyl groups is 1. The van der Waals surface area contributed by atoms with Crippen LogP contribution in [0.1, 0.15) is 12.8 Å². The van der Waals surface area contributed by atoms with Crippen LogP contribution in [0.4, 0.5) is 0 Å². The summed E-state index contributed by atoms with van der Waals surface area (Å²) in [6.07, 6.45) is 7.04. The third-order valence-electron chi connectivity index (χ3n) is 3.09. The Kier molecular flexibility index (Phi) is 1.74. The molecule has 2 bridgehead atoms. The third-order valence-corrected chi connectivity index (χ3v) is 3.09. The lowest BCUT2D eigenvalue weighted by atomic mass is 9.88. The summed E-state index contributed by atoms with van der Waals surface area (Å²) in [5, 5.41) is 8.87. The molecule has 0 aromatic carbocycles. The van der Waals surface area contributed by atoms with Gasteiger partial charge in [0.25, 0.3) is 0 Å². The number of allylic oxidation sites excluding steroid dienone is 2. The molecule has 2 nitrogen and oxygen atoms in total. The second-order valence-corrected chi connectivity index (χ2v) is 3.79. The zero-order valence-electron chi connectivity index (χ0n) is 6.61. The predicted molar refractivity (Wildman–Crippen MR) is 43.9 cm³/mol. The molecule has 11 heavy (non-hydrogen) atoms. The summed E-state index contributed by atoms with van der Waals surface area (Å²) in [4.78, 5) is 0. The van der Waals surface area contributed by atoms with Crippen molar-refractivity contribution in [3.05, 3.63) is 12.2 Å². The highest BCUT2D eigenvalue weighted by Gasteiger charge is 2.38. The highest BCUT2D eigenvalue weighted by atomic mass is 16.3. The maximum absolute atomic E-state index is 8.87. The third kappa shape index (κ3) is 1.10. The first kappa shape index (κ1) is 7.32. The predicted octanol–water partition coefficient (Wildman–Crippen LogP) is 0.518. The first-order valence-electron chi connectivity index (χ1n) is 4.36. The number of hydrogen-bond acceptors (Lipinski definition) is 2. The van der Waals surface area contributed by atoms with Gasteiger partial charge in [-0.25, -0.2) is 0 Å². The van der Waals surface area contributed by atoms with Gasteiger partial charge in [-0.15, -0.1) is 0 Å². The Hall–Kier alpha value is -0.340. The summed E-state index contributed by atoms with van der Waals surface area (Å²) in [5.41, 5.74) is 5.78. The topological polar surface area (TPSA) is 46.2 Å². The van der Waals surface area contributed by atoms with Crippen molar-refractivity contribution in [1.29, 1.82) is 0 Å². The van der Waals surface area contributed by atoms with Gasteiger partial charge in [0.05, 0.1) is 6.61 Å². The average Bonchev–Trinajstić information content (AvgIpc) is 2.62. The number of nitrogens with two attached hydrogens (primary N) is 1. The molecule has 2 heteroatoms. The van der Waals surface area contributed by atoms with Crippen molar-refractivity contribution in [2.24, 2.45) is 23.5 Å². The van der Waals surface area contributed by atoms with Gasteiger partial charge in [0.2, 0.25) is 0 Å². The lowest BCUT2D eigenvalue weighted by Gasteiger charge is -2.23. The Bertz CT molecular complexity index is 178. The monoisotopic (exact) mass is 153 g/mol. The molecular weight excluding hydrogens is 138 g/mol. The molecule has 3 unspecified atom stereocenters. The summed E-state index contributed by atoms with van der Waals surface area (Å²) < 4.78 is 0. The van der Waals surface area contributed by atoms with E-state index in [1.165, 1.54) is 12.8 Å². The SMILES string of the molecule is N[C@@H](CO)C1CC2C=CC1C2. The van der Waals surface area contributed by atoms with Crippen LogP contribution in [0.3, 0.4) is 0 Å². The van der Waals surface area contributed by atoms with E-state index in [4.69, 9.17) is 10.8 Å². The van der Waals surface area contributed by atoms with E-state index in [2.05, 4.69) is 12.2 Å². The number of aliphatic hydroxyl groups excluding tert-OH is 1. The molecule has 62 valence electrons. The van der Waals surface area contributed by atoms with Crippen LogP contribution in [-0.2, 0) is 0 Å². The van der Waals surface area contributed by atoms with Gasteiger partial charge < -0.3 is 10.8 Å². The molecule has 0 amide bonds. The van der Waals surface area contributed by atoms with E-state index in [1.807, 2.05) is 0 Å². The minimum Gasteiger partial charge on any atom is -0.395 e. The zero-order chi connectivity index (χ0) is 7.84. The van der Waals surface area contributed by atoms with Gasteiger partial charge in [-0.3, -0.25) is 0 Å². The van der Waals surface area contributed by atoms with Crippen molar-refractivity contribution in [1.82, 2.24) is 0 Å². The molecule has 0 aliphatic heterocycles. The molecule has 4 atom stereocenters. The maximum atomic E-state index is 8.87. The molecule has 2 aliphatic rings. The molecule has 3 N–H and O–H groups in total. The average molecular weight is 153 g/mol. The smallest absolute Gasteiger partial charge is 0.0585 e. The lowest BCUT2D eigenvalue weighted by molar-refractivity contribution is 0.211. The van der Waals surface area contributed by atoms with Crippen LogP contribution < -0.4 is 5.73 Å². The second kappa shape index (κ2) is 2.61. The molecule has 0 aromatic heterocycles. The Morgan fingerprint density at radius 3 is 2.73 bits per heavy atom. The molecule has 0 spiro atoms. The van der Waals surface area contributed by atoms with E-state index in [-0.39, 0.29) is 12.6 Å². The minimum absolute atomic E-state index is 0.00921. The maximum Gasteiger partial charge on any atom is 0.0585 e. The van der Waals surface area contributed by atoms with Gasteiger partial charge in [-0.05, 0) is 30.6 Å². The summed E-state index contributed by atoms with van der Waals surface area (Å²) in [6.45, 7) is 0.141. The fraction of sp³-hybridized carbons (Fsp3) is 0.778. The minimum atomic E-state index is 0.00921. The van der Waals surface area contributed by atoms with E-state index >= 15 is 0 Å². The zero-order valence-corrected chi connectivity index (χ0v) is 6.61. The van der Waals surface area contributed by atoms with Crippen LogP contribution in [-0.4, -0.2) is 17.8 Å². The highest BCUT2D eigenvalue weighted by Crippen LogP contribution is 2.44. The molecular formula is C9H15NO. The Morgan fingerprint density at radius 2 is 2.27 bits per heavy atom. The Balaban J connectivity index is 2.02. The molecule has 0 saturated heterocycles. The van der Waals surface area contributed by atoms with Crippen molar-refractivity contribution < 1.29 is 5.11 Å². The molecule has 1 fully saturated rings. The van der Waals surface area contributed by atoms with Crippen LogP contribution >= 0.6 is 0 Å². The van der Waals surface area contributed by atoms with Gasteiger partial charge in [0.1, 0.15) is 0 Å². The van der Waals surface area contributed by atoms with Crippen LogP contribution in [0.25, 0.3) is 0 Å². The van der Waals surface area contributed by atoms with Crippen molar-refractivity contribution in [2.45, 2.75) is 18.9 Å². The molecule has 2 rings (SSSR count). The molecule has 1 saturated carbocycles. The molecule has 0 aromatic rings. The highest BCUT2D eigenvalue weighted by molar-refractivity contribution is 5.11. The fourth-order valence-corrected chi connectivity index (χ4v) is 2.45. The van der Waals surface area contributed by atoms with Gasteiger partial charge in [0, 0.05) is 6.04 Å². The van der Waals surface area contributed by atoms with Gasteiger partial charge >= 0.3 is 0 Å². The van der Waals surface area contributed by atoms with E-state index in [0.717, 1.165) is 5.92 Å². The first-order chi connectivity index (χ1) is 5.31. The lowest BCUT2D eigenvalue weighted by Crippen LogP contribution is -2.35. The second-order valence-electron chi connectivity index (χ2n) is 3.79. The van der Waals surface area contributed by atoms with Crippen molar-refractivity contribution in [3.63, 3.8) is 0 Å². The van der Waals surface area contributed by atoms with Crippen molar-refractivity contribution in [2.75, 3.05) is 6.61 Å². The summed E-state index contributed by atoms with van der Waals surface area (Å²) in [7, 11) is 0. The number of fused-ring (bicyclic) bond motifs is 2. The first-order valence-corrected chi connectivity index (χ1v) is 4.36. The standard InChI is InChI=1S/C9H15NO/c10-9(5-11)8-4-6-1-2-7(8)3-6/h1-2,6-9,11H,3-5,10H2/t6?,7?,8?,9-/m0/s1. The van der Waals surface area contributed by atoms with Crippen LogP contribution in [0, 0.1) is 17.8 Å². The summed E-state index contributed by atoms with van der Waals surface area (Å²) in [5.74, 6) is 1.99. The summed E-state index contributed by atoms with van der Waals surface area (Å²) in [6, 6.07) is 0.00921. The van der Waals surface area contributed by atoms with Crippen LogP contribution in [0.2, 0.25) is 0 Å². The van der Waals surface area contributed by atoms with E-state index in [9.17, 15) is 0 Å². The van der Waals surface area contributed by atoms with Crippen molar-refractivity contribution >= 4 is 0 Å². The Morgan fingerprint density at radius 1 is 1.45 bits per heavy atom. The van der Waals surface area contributed by atoms with Gasteiger partial charge in [-0.1, -0.05) is 12.2 Å². The van der Waals surface area contributed by atoms with E-state index in [1.54, 1.807) is 0 Å². The van der Waals surface area contributed by atoms with E-state index < -0.39 is 0 Å². The fourth-order valence-electron chi connectivity index (χ4n) is 2.45. The van der Waals surface area contributed by atoms with E-state index in [0.29, 0.717) is 11.8 Å². The molecule has 0 radical (unpaired) electrons. The Labute approximate surface area is 67.1 Å². The number of rotatable bonds is 2. The largest absolute Gasteiger partial charge is 0.395 e. The molecule has 0 heterocycles. The quantitative estimate of drug-likeness (QED) is 0.568. The van der Waals surface area contributed by atoms with Crippen molar-refractivity contribution in [3.8, 4) is 0 Å². The molecule has 2 aliphatic carbocycles. The normalized spacial score (nSPS) is 43.3. The van der Waals surface area contributed by atoms with Crippen LogP contribution in [0.5, 0.6) is 0 Å².